The number of hydrogen-bond acceptors (Lipinski definition) is 7. The van der Waals surface area contributed by atoms with Gasteiger partial charge in [-0.2, -0.15) is 10.2 Å². The van der Waals surface area contributed by atoms with Crippen LogP contribution in [0.15, 0.2) is 42.6 Å². The van der Waals surface area contributed by atoms with Gasteiger partial charge in [0.25, 0.3) is 0 Å². The van der Waals surface area contributed by atoms with Gasteiger partial charge in [-0.05, 0) is 62.6 Å². The molecule has 0 saturated carbocycles. The Morgan fingerprint density at radius 2 is 1.86 bits per heavy atom. The fourth-order valence-electron chi connectivity index (χ4n) is 5.08. The highest BCUT2D eigenvalue weighted by atomic mass is 35.5. The van der Waals surface area contributed by atoms with Crippen LogP contribution in [-0.4, -0.2) is 53.2 Å². The van der Waals surface area contributed by atoms with Crippen LogP contribution in [0.3, 0.4) is 0 Å². The summed E-state index contributed by atoms with van der Waals surface area (Å²) in [5, 5.41) is 9.51. The topological polar surface area (TPSA) is 72.2 Å². The minimum absolute atomic E-state index is 0.148. The Hall–Kier alpha value is -3.44. The fourth-order valence-corrected chi connectivity index (χ4v) is 5.39. The summed E-state index contributed by atoms with van der Waals surface area (Å²) in [6, 6.07) is 13.0. The molecule has 3 aromatic rings. The number of pyridine rings is 1. The Bertz CT molecular complexity index is 1280. The van der Waals surface area contributed by atoms with Crippen molar-refractivity contribution in [1.82, 2.24) is 15.0 Å². The number of halogens is 2. The Kier molecular flexibility index (Phi) is 6.92. The first kappa shape index (κ1) is 24.3. The molecular weight excluding hydrogens is 477 g/mol. The number of rotatable bonds is 5. The molecule has 2 aliphatic rings. The van der Waals surface area contributed by atoms with Crippen molar-refractivity contribution < 1.29 is 4.39 Å². The number of nitriles is 1. The molecule has 4 heterocycles. The van der Waals surface area contributed by atoms with Gasteiger partial charge < -0.3 is 14.7 Å². The highest BCUT2D eigenvalue weighted by molar-refractivity contribution is 6.33. The molecule has 2 saturated heterocycles. The van der Waals surface area contributed by atoms with Crippen molar-refractivity contribution in [1.29, 1.82) is 5.26 Å². The minimum atomic E-state index is -0.265. The molecule has 186 valence electrons. The normalized spacial score (nSPS) is 20.0. The van der Waals surface area contributed by atoms with Crippen LogP contribution < -0.4 is 14.7 Å². The molecule has 0 aliphatic carbocycles. The van der Waals surface area contributed by atoms with E-state index >= 15 is 0 Å². The average Bonchev–Trinajstić information content (AvgIpc) is 3.30. The van der Waals surface area contributed by atoms with Gasteiger partial charge >= 0.3 is 0 Å². The van der Waals surface area contributed by atoms with Gasteiger partial charge in [0.05, 0.1) is 23.2 Å². The lowest BCUT2D eigenvalue weighted by molar-refractivity contribution is 0.542. The van der Waals surface area contributed by atoms with Crippen LogP contribution in [0.2, 0.25) is 5.02 Å². The van der Waals surface area contributed by atoms with Crippen molar-refractivity contribution in [3.05, 3.63) is 59.0 Å². The Balaban J connectivity index is 1.43. The maximum Gasteiger partial charge on any atom is 0.228 e. The maximum absolute atomic E-state index is 13.6. The molecule has 2 fully saturated rings. The number of aromatic nitrogens is 3. The molecule has 0 N–H and O–H groups in total. The lowest BCUT2D eigenvalue weighted by atomic mass is 10.1. The molecule has 0 amide bonds. The van der Waals surface area contributed by atoms with E-state index in [9.17, 15) is 4.39 Å². The van der Waals surface area contributed by atoms with Gasteiger partial charge in [0.2, 0.25) is 5.95 Å². The molecule has 1 aromatic carbocycles. The van der Waals surface area contributed by atoms with Crippen LogP contribution in [0.4, 0.5) is 22.0 Å². The molecule has 2 aliphatic heterocycles. The van der Waals surface area contributed by atoms with Gasteiger partial charge in [0, 0.05) is 56.1 Å². The average molecular weight is 506 g/mol. The van der Waals surface area contributed by atoms with Gasteiger partial charge in [-0.3, -0.25) is 0 Å². The van der Waals surface area contributed by atoms with Crippen LogP contribution in [0.25, 0.3) is 11.3 Å². The van der Waals surface area contributed by atoms with Gasteiger partial charge in [-0.1, -0.05) is 11.6 Å². The predicted molar refractivity (Wildman–Crippen MR) is 141 cm³/mol. The Morgan fingerprint density at radius 3 is 2.53 bits per heavy atom. The molecule has 0 radical (unpaired) electrons. The summed E-state index contributed by atoms with van der Waals surface area (Å²) >= 11 is 6.53. The van der Waals surface area contributed by atoms with E-state index in [-0.39, 0.29) is 11.9 Å². The smallest absolute Gasteiger partial charge is 0.228 e. The zero-order valence-electron chi connectivity index (χ0n) is 20.5. The van der Waals surface area contributed by atoms with Crippen molar-refractivity contribution >= 4 is 29.2 Å². The van der Waals surface area contributed by atoms with Crippen LogP contribution in [0.5, 0.6) is 0 Å². The van der Waals surface area contributed by atoms with E-state index in [0.29, 0.717) is 17.5 Å². The van der Waals surface area contributed by atoms with Gasteiger partial charge in [-0.25, -0.2) is 14.4 Å². The van der Waals surface area contributed by atoms with Gasteiger partial charge in [0.15, 0.2) is 0 Å². The van der Waals surface area contributed by atoms with Crippen molar-refractivity contribution in [3.63, 3.8) is 0 Å². The summed E-state index contributed by atoms with van der Waals surface area (Å²) in [5.41, 5.74) is 2.48. The van der Waals surface area contributed by atoms with E-state index in [0.717, 1.165) is 73.4 Å². The maximum atomic E-state index is 13.6. The van der Waals surface area contributed by atoms with Crippen molar-refractivity contribution in [2.45, 2.75) is 45.2 Å². The summed E-state index contributed by atoms with van der Waals surface area (Å²) in [7, 11) is 0. The second-order valence-corrected chi connectivity index (χ2v) is 9.98. The number of anilines is 3. The van der Waals surface area contributed by atoms with Crippen molar-refractivity contribution in [2.24, 2.45) is 0 Å². The highest BCUT2D eigenvalue weighted by Gasteiger charge is 2.29. The minimum Gasteiger partial charge on any atom is -0.352 e. The van der Waals surface area contributed by atoms with E-state index < -0.39 is 0 Å². The third-order valence-electron chi connectivity index (χ3n) is 7.03. The summed E-state index contributed by atoms with van der Waals surface area (Å²) in [5.74, 6) is 2.07. The van der Waals surface area contributed by atoms with E-state index in [4.69, 9.17) is 26.8 Å². The Morgan fingerprint density at radius 1 is 1.06 bits per heavy atom. The molecule has 36 heavy (non-hydrogen) atoms. The SMILES string of the molecule is C[C@@H]1CN(c2ncc(CC#N)cc2Cl)CCN1c1cc(-c2ccc(F)cc2)nc(N2CCC[C@H]2C)n1. The summed E-state index contributed by atoms with van der Waals surface area (Å²) in [4.78, 5) is 21.2. The second kappa shape index (κ2) is 10.3. The largest absolute Gasteiger partial charge is 0.352 e. The van der Waals surface area contributed by atoms with Crippen LogP contribution in [0.1, 0.15) is 32.3 Å². The molecule has 0 unspecified atom stereocenters. The fraction of sp³-hybridized carbons (Fsp3) is 0.407. The first-order chi connectivity index (χ1) is 17.4. The molecule has 7 nitrogen and oxygen atoms in total. The number of nitrogens with zero attached hydrogens (tertiary/aromatic N) is 7. The Labute approximate surface area is 216 Å². The highest BCUT2D eigenvalue weighted by Crippen LogP contribution is 2.32. The van der Waals surface area contributed by atoms with Crippen molar-refractivity contribution in [2.75, 3.05) is 40.9 Å². The quantitative estimate of drug-likeness (QED) is 0.477. The number of piperazine rings is 1. The van der Waals surface area contributed by atoms with E-state index in [2.05, 4.69) is 39.6 Å². The lowest BCUT2D eigenvalue weighted by Gasteiger charge is -2.41. The first-order valence-electron chi connectivity index (χ1n) is 12.4. The zero-order valence-corrected chi connectivity index (χ0v) is 21.3. The standard InChI is InChI=1S/C27H29ClFN7/c1-18-4-3-11-36(18)27-32-24(21-5-7-22(29)8-6-21)15-25(33-27)35-13-12-34(17-19(35)2)26-23(28)14-20(9-10-30)16-31-26/h5-8,14-16,18-19H,3-4,9,11-13,17H2,1-2H3/t18-,19-/m1/s1. The second-order valence-electron chi connectivity index (χ2n) is 9.58. The van der Waals surface area contributed by atoms with E-state index in [1.165, 1.54) is 12.1 Å². The zero-order chi connectivity index (χ0) is 25.2. The number of benzene rings is 1. The third-order valence-corrected chi connectivity index (χ3v) is 7.31. The molecule has 5 rings (SSSR count). The van der Waals surface area contributed by atoms with Crippen molar-refractivity contribution in [3.8, 4) is 17.3 Å². The predicted octanol–water partition coefficient (Wildman–Crippen LogP) is 5.10. The third kappa shape index (κ3) is 4.93. The van der Waals surface area contributed by atoms with Crippen LogP contribution in [0, 0.1) is 17.1 Å². The van der Waals surface area contributed by atoms with Gasteiger partial charge in [-0.15, -0.1) is 0 Å². The monoisotopic (exact) mass is 505 g/mol. The summed E-state index contributed by atoms with van der Waals surface area (Å²) in [6.07, 6.45) is 4.26. The van der Waals surface area contributed by atoms with Crippen LogP contribution >= 0.6 is 11.6 Å². The van der Waals surface area contributed by atoms with E-state index in [1.54, 1.807) is 18.3 Å². The summed E-state index contributed by atoms with van der Waals surface area (Å²) in [6.45, 7) is 7.52. The lowest BCUT2D eigenvalue weighted by Crippen LogP contribution is -2.52. The van der Waals surface area contributed by atoms with Crippen LogP contribution in [-0.2, 0) is 6.42 Å². The summed E-state index contributed by atoms with van der Waals surface area (Å²) < 4.78 is 13.6. The van der Waals surface area contributed by atoms with E-state index in [1.807, 2.05) is 12.1 Å². The molecule has 2 atom stereocenters. The first-order valence-corrected chi connectivity index (χ1v) is 12.8. The van der Waals surface area contributed by atoms with Gasteiger partial charge in [0.1, 0.15) is 17.5 Å². The molecule has 0 spiro atoms. The molecule has 0 bridgehead atoms. The number of hydrogen-bond donors (Lipinski definition) is 0. The molecular formula is C27H29ClFN7. The molecule has 2 aromatic heterocycles. The molecule has 9 heteroatoms.